The molecule has 2 heterocycles. The van der Waals surface area contributed by atoms with E-state index in [2.05, 4.69) is 4.90 Å². The number of halogens is 3. The van der Waals surface area contributed by atoms with Gasteiger partial charge in [0.1, 0.15) is 17.1 Å². The number of hydrogen-bond acceptors (Lipinski definition) is 5. The molecule has 3 rings (SSSR count). The van der Waals surface area contributed by atoms with Crippen LogP contribution in [0, 0.1) is 6.92 Å². The molecule has 0 spiro atoms. The van der Waals surface area contributed by atoms with Crippen molar-refractivity contribution in [1.82, 2.24) is 9.80 Å². The number of carbonyl (C=O) groups excluding carboxylic acids is 2. The predicted octanol–water partition coefficient (Wildman–Crippen LogP) is 3.35. The number of ether oxygens (including phenoxy) is 1. The summed E-state index contributed by atoms with van der Waals surface area (Å²) in [6.45, 7) is 4.00. The van der Waals surface area contributed by atoms with Gasteiger partial charge in [0.2, 0.25) is 0 Å². The first-order valence-electron chi connectivity index (χ1n) is 9.05. The molecule has 0 unspecified atom stereocenters. The molecule has 0 atom stereocenters. The largest absolute Gasteiger partial charge is 0.465 e. The quantitative estimate of drug-likeness (QED) is 0.724. The van der Waals surface area contributed by atoms with E-state index in [1.165, 1.54) is 19.2 Å². The fourth-order valence-corrected chi connectivity index (χ4v) is 3.27. The lowest BCUT2D eigenvalue weighted by Crippen LogP contribution is -2.48. The normalized spacial score (nSPS) is 15.4. The summed E-state index contributed by atoms with van der Waals surface area (Å²) in [6, 6.07) is 6.10. The van der Waals surface area contributed by atoms with E-state index < -0.39 is 23.6 Å². The van der Waals surface area contributed by atoms with E-state index >= 15 is 0 Å². The number of carbonyl (C=O) groups is 2. The molecule has 156 valence electrons. The molecule has 0 N–H and O–H groups in total. The minimum absolute atomic E-state index is 0.0256. The molecular formula is C20H21F3N2O4. The number of esters is 1. The van der Waals surface area contributed by atoms with Crippen LogP contribution in [0.15, 0.2) is 34.7 Å². The van der Waals surface area contributed by atoms with Gasteiger partial charge in [-0.2, -0.15) is 13.2 Å². The number of nitrogens with zero attached hydrogens (tertiary/aromatic N) is 2. The van der Waals surface area contributed by atoms with E-state index in [1.54, 1.807) is 17.9 Å². The maximum atomic E-state index is 12.9. The Morgan fingerprint density at radius 1 is 1.14 bits per heavy atom. The molecule has 2 aromatic rings. The average Bonchev–Trinajstić information content (AvgIpc) is 3.07. The van der Waals surface area contributed by atoms with Crippen LogP contribution in [-0.2, 0) is 17.5 Å². The van der Waals surface area contributed by atoms with Crippen LogP contribution in [0.4, 0.5) is 13.2 Å². The van der Waals surface area contributed by atoms with Gasteiger partial charge in [-0.15, -0.1) is 0 Å². The fourth-order valence-electron chi connectivity index (χ4n) is 3.27. The number of furan rings is 1. The molecule has 29 heavy (non-hydrogen) atoms. The number of methoxy groups -OCH3 is 1. The van der Waals surface area contributed by atoms with Crippen molar-refractivity contribution < 1.29 is 31.9 Å². The van der Waals surface area contributed by atoms with Crippen molar-refractivity contribution in [2.45, 2.75) is 19.6 Å². The van der Waals surface area contributed by atoms with Crippen LogP contribution < -0.4 is 0 Å². The monoisotopic (exact) mass is 410 g/mol. The van der Waals surface area contributed by atoms with Gasteiger partial charge in [-0.25, -0.2) is 4.79 Å². The fraction of sp³-hybridized carbons (Fsp3) is 0.400. The van der Waals surface area contributed by atoms with Crippen molar-refractivity contribution in [3.05, 3.63) is 58.5 Å². The Hall–Kier alpha value is -2.81. The minimum atomic E-state index is -4.49. The second-order valence-corrected chi connectivity index (χ2v) is 6.82. The van der Waals surface area contributed by atoms with Crippen LogP contribution >= 0.6 is 0 Å². The highest BCUT2D eigenvalue weighted by Crippen LogP contribution is 2.30. The number of piperazine rings is 1. The van der Waals surface area contributed by atoms with Gasteiger partial charge < -0.3 is 14.1 Å². The van der Waals surface area contributed by atoms with Crippen molar-refractivity contribution >= 4 is 11.9 Å². The summed E-state index contributed by atoms with van der Waals surface area (Å²) in [6.07, 6.45) is -4.49. The van der Waals surface area contributed by atoms with Gasteiger partial charge in [0, 0.05) is 31.7 Å². The first-order valence-corrected chi connectivity index (χ1v) is 9.05. The van der Waals surface area contributed by atoms with Gasteiger partial charge in [0.25, 0.3) is 5.91 Å². The summed E-state index contributed by atoms with van der Waals surface area (Å²) in [5, 5.41) is 0. The highest BCUT2D eigenvalue weighted by molar-refractivity contribution is 5.94. The molecule has 6 nitrogen and oxygen atoms in total. The van der Waals surface area contributed by atoms with E-state index in [9.17, 15) is 22.8 Å². The molecule has 0 saturated carbocycles. The summed E-state index contributed by atoms with van der Waals surface area (Å²) >= 11 is 0. The predicted molar refractivity (Wildman–Crippen MR) is 97.4 cm³/mol. The second kappa shape index (κ2) is 8.28. The van der Waals surface area contributed by atoms with Gasteiger partial charge in [-0.1, -0.05) is 6.07 Å². The molecule has 1 amide bonds. The van der Waals surface area contributed by atoms with Gasteiger partial charge in [0.05, 0.1) is 19.2 Å². The molecule has 1 saturated heterocycles. The minimum Gasteiger partial charge on any atom is -0.465 e. The van der Waals surface area contributed by atoms with Crippen LogP contribution in [0.2, 0.25) is 0 Å². The van der Waals surface area contributed by atoms with Crippen molar-refractivity contribution in [2.24, 2.45) is 0 Å². The van der Waals surface area contributed by atoms with Crippen LogP contribution in [-0.4, -0.2) is 55.0 Å². The summed E-state index contributed by atoms with van der Waals surface area (Å²) in [7, 11) is 1.30. The van der Waals surface area contributed by atoms with Crippen molar-refractivity contribution in [2.75, 3.05) is 33.3 Å². The lowest BCUT2D eigenvalue weighted by atomic mass is 10.1. The number of alkyl halides is 3. The van der Waals surface area contributed by atoms with Crippen LogP contribution in [0.3, 0.4) is 0 Å². The van der Waals surface area contributed by atoms with Crippen molar-refractivity contribution in [3.8, 4) is 0 Å². The number of benzene rings is 1. The Balaban J connectivity index is 1.59. The summed E-state index contributed by atoms with van der Waals surface area (Å²) in [5.74, 6) is 0.206. The standard InChI is InChI=1S/C20H21F3N2O4/c1-13-17(19(27)28-2)11-16(29-13)12-24-6-8-25(9-7-24)18(26)14-4-3-5-15(10-14)20(21,22)23/h3-5,10-11H,6-9,12H2,1-2H3. The molecule has 0 radical (unpaired) electrons. The van der Waals surface area contributed by atoms with Gasteiger partial charge >= 0.3 is 12.1 Å². The zero-order valence-electron chi connectivity index (χ0n) is 16.1. The Labute approximate surface area is 165 Å². The van der Waals surface area contributed by atoms with Crippen LogP contribution in [0.5, 0.6) is 0 Å². The Bertz CT molecular complexity index is 899. The summed E-state index contributed by atoms with van der Waals surface area (Å²) < 4.78 is 48.9. The SMILES string of the molecule is COC(=O)c1cc(CN2CCN(C(=O)c3cccc(C(F)(F)F)c3)CC2)oc1C. The molecular weight excluding hydrogens is 389 g/mol. The molecule has 1 aromatic carbocycles. The van der Waals surface area contributed by atoms with E-state index in [-0.39, 0.29) is 5.56 Å². The molecule has 1 aliphatic rings. The van der Waals surface area contributed by atoms with Crippen LogP contribution in [0.1, 0.15) is 37.8 Å². The first-order chi connectivity index (χ1) is 13.7. The molecule has 1 aromatic heterocycles. The van der Waals surface area contributed by atoms with Gasteiger partial charge in [-0.3, -0.25) is 9.69 Å². The third-order valence-corrected chi connectivity index (χ3v) is 4.85. The first kappa shape index (κ1) is 20.9. The topological polar surface area (TPSA) is 63.0 Å². The highest BCUT2D eigenvalue weighted by Gasteiger charge is 2.31. The van der Waals surface area contributed by atoms with E-state index in [1.807, 2.05) is 0 Å². The third kappa shape index (κ3) is 4.79. The summed E-state index contributed by atoms with van der Waals surface area (Å²) in [5.41, 5.74) is -0.435. The number of aryl methyl sites for hydroxylation is 1. The molecule has 0 bridgehead atoms. The molecule has 9 heteroatoms. The van der Waals surface area contributed by atoms with Crippen molar-refractivity contribution in [1.29, 1.82) is 0 Å². The van der Waals surface area contributed by atoms with Gasteiger partial charge in [0.15, 0.2) is 0 Å². The highest BCUT2D eigenvalue weighted by atomic mass is 19.4. The summed E-state index contributed by atoms with van der Waals surface area (Å²) in [4.78, 5) is 27.8. The van der Waals surface area contributed by atoms with Gasteiger partial charge in [-0.05, 0) is 31.2 Å². The van der Waals surface area contributed by atoms with Crippen LogP contribution in [0.25, 0.3) is 0 Å². The van der Waals surface area contributed by atoms with Crippen molar-refractivity contribution in [3.63, 3.8) is 0 Å². The van der Waals surface area contributed by atoms with E-state index in [0.717, 1.165) is 12.1 Å². The zero-order valence-corrected chi connectivity index (χ0v) is 16.1. The number of rotatable bonds is 4. The number of hydrogen-bond donors (Lipinski definition) is 0. The maximum Gasteiger partial charge on any atom is 0.416 e. The Kier molecular flexibility index (Phi) is 5.97. The lowest BCUT2D eigenvalue weighted by Gasteiger charge is -2.34. The zero-order chi connectivity index (χ0) is 21.2. The molecule has 1 aliphatic heterocycles. The molecule has 1 fully saturated rings. The van der Waals surface area contributed by atoms with E-state index in [0.29, 0.717) is 49.8 Å². The lowest BCUT2D eigenvalue weighted by molar-refractivity contribution is -0.137. The average molecular weight is 410 g/mol. The number of amides is 1. The maximum absolute atomic E-state index is 12.9. The smallest absolute Gasteiger partial charge is 0.416 e. The second-order valence-electron chi connectivity index (χ2n) is 6.82. The Morgan fingerprint density at radius 3 is 2.45 bits per heavy atom. The molecule has 0 aliphatic carbocycles. The Morgan fingerprint density at radius 2 is 1.83 bits per heavy atom. The van der Waals surface area contributed by atoms with E-state index in [4.69, 9.17) is 9.15 Å². The third-order valence-electron chi connectivity index (χ3n) is 4.85.